The van der Waals surface area contributed by atoms with Gasteiger partial charge < -0.3 is 4.74 Å². The molecule has 0 heterocycles. The normalized spacial score (nSPS) is 12.6. The second kappa shape index (κ2) is 5.85. The molecule has 17 heavy (non-hydrogen) atoms. The fourth-order valence-electron chi connectivity index (χ4n) is 1.58. The van der Waals surface area contributed by atoms with Crippen LogP contribution in [0.1, 0.15) is 51.2 Å². The smallest absolute Gasteiger partial charge is 0.314 e. The molecule has 0 aliphatic heterocycles. The zero-order valence-corrected chi connectivity index (χ0v) is 11.4. The highest BCUT2D eigenvalue weighted by Gasteiger charge is 2.16. The SMILES string of the molecule is CCC(C)C(=O)Oc1cc(C)ccc1C(C)C. The van der Waals surface area contributed by atoms with Crippen molar-refractivity contribution in [2.75, 3.05) is 0 Å². The van der Waals surface area contributed by atoms with E-state index < -0.39 is 0 Å². The molecule has 0 radical (unpaired) electrons. The maximum absolute atomic E-state index is 11.8. The number of ether oxygens (including phenoxy) is 1. The van der Waals surface area contributed by atoms with Crippen LogP contribution in [0.15, 0.2) is 18.2 Å². The molecule has 0 saturated heterocycles. The van der Waals surface area contributed by atoms with Gasteiger partial charge in [0, 0.05) is 0 Å². The summed E-state index contributed by atoms with van der Waals surface area (Å²) in [5, 5.41) is 0. The van der Waals surface area contributed by atoms with Crippen molar-refractivity contribution in [2.45, 2.75) is 47.0 Å². The van der Waals surface area contributed by atoms with Crippen molar-refractivity contribution in [3.05, 3.63) is 29.3 Å². The molecular weight excluding hydrogens is 212 g/mol. The highest BCUT2D eigenvalue weighted by Crippen LogP contribution is 2.28. The Morgan fingerprint density at radius 1 is 1.29 bits per heavy atom. The van der Waals surface area contributed by atoms with Gasteiger partial charge in [-0.05, 0) is 36.5 Å². The van der Waals surface area contributed by atoms with Gasteiger partial charge in [0.15, 0.2) is 0 Å². The van der Waals surface area contributed by atoms with Crippen molar-refractivity contribution < 1.29 is 9.53 Å². The van der Waals surface area contributed by atoms with Crippen molar-refractivity contribution in [1.29, 1.82) is 0 Å². The molecule has 1 atom stereocenters. The van der Waals surface area contributed by atoms with Crippen molar-refractivity contribution in [3.63, 3.8) is 0 Å². The number of hydrogen-bond donors (Lipinski definition) is 0. The number of carbonyl (C=O) groups is 1. The standard InChI is InChI=1S/C15H22O2/c1-6-12(5)15(16)17-14-9-11(4)7-8-13(14)10(2)3/h7-10,12H,6H2,1-5H3. The van der Waals surface area contributed by atoms with Crippen LogP contribution in [0.3, 0.4) is 0 Å². The number of carbonyl (C=O) groups excluding carboxylic acids is 1. The third-order valence-corrected chi connectivity index (χ3v) is 3.02. The van der Waals surface area contributed by atoms with Crippen LogP contribution in [0.2, 0.25) is 0 Å². The first kappa shape index (κ1) is 13.8. The predicted molar refractivity (Wildman–Crippen MR) is 70.4 cm³/mol. The quantitative estimate of drug-likeness (QED) is 0.580. The van der Waals surface area contributed by atoms with Gasteiger partial charge in [-0.3, -0.25) is 4.79 Å². The summed E-state index contributed by atoms with van der Waals surface area (Å²) in [6, 6.07) is 6.03. The van der Waals surface area contributed by atoms with Gasteiger partial charge in [0.2, 0.25) is 0 Å². The minimum Gasteiger partial charge on any atom is -0.426 e. The van der Waals surface area contributed by atoms with Crippen LogP contribution in [0.25, 0.3) is 0 Å². The maximum Gasteiger partial charge on any atom is 0.314 e. The van der Waals surface area contributed by atoms with Crippen molar-refractivity contribution in [2.24, 2.45) is 5.92 Å². The van der Waals surface area contributed by atoms with E-state index in [0.29, 0.717) is 11.7 Å². The van der Waals surface area contributed by atoms with Gasteiger partial charge in [0.1, 0.15) is 5.75 Å². The monoisotopic (exact) mass is 234 g/mol. The van der Waals surface area contributed by atoms with Crippen LogP contribution in [-0.4, -0.2) is 5.97 Å². The highest BCUT2D eigenvalue weighted by atomic mass is 16.5. The van der Waals surface area contributed by atoms with E-state index in [1.54, 1.807) is 0 Å². The molecule has 1 aromatic rings. The van der Waals surface area contributed by atoms with E-state index in [1.807, 2.05) is 32.9 Å². The summed E-state index contributed by atoms with van der Waals surface area (Å²) in [6.45, 7) is 10.1. The van der Waals surface area contributed by atoms with Crippen molar-refractivity contribution in [3.8, 4) is 5.75 Å². The summed E-state index contributed by atoms with van der Waals surface area (Å²) in [5.41, 5.74) is 2.20. The molecule has 0 aliphatic carbocycles. The lowest BCUT2D eigenvalue weighted by Gasteiger charge is -2.15. The molecule has 1 rings (SSSR count). The predicted octanol–water partition coefficient (Wildman–Crippen LogP) is 4.07. The summed E-state index contributed by atoms with van der Waals surface area (Å²) >= 11 is 0. The van der Waals surface area contributed by atoms with Gasteiger partial charge >= 0.3 is 5.97 Å². The van der Waals surface area contributed by atoms with Crippen molar-refractivity contribution >= 4 is 5.97 Å². The molecule has 0 N–H and O–H groups in total. The van der Waals surface area contributed by atoms with Gasteiger partial charge in [-0.2, -0.15) is 0 Å². The Kier molecular flexibility index (Phi) is 4.73. The Bertz CT molecular complexity index is 394. The second-order valence-electron chi connectivity index (χ2n) is 4.93. The Labute approximate surface area is 104 Å². The first-order valence-corrected chi connectivity index (χ1v) is 6.28. The van der Waals surface area contributed by atoms with Gasteiger partial charge in [-0.15, -0.1) is 0 Å². The summed E-state index contributed by atoms with van der Waals surface area (Å²) in [7, 11) is 0. The topological polar surface area (TPSA) is 26.3 Å². The number of aryl methyl sites for hydroxylation is 1. The molecule has 1 aromatic carbocycles. The lowest BCUT2D eigenvalue weighted by molar-refractivity contribution is -0.138. The lowest BCUT2D eigenvalue weighted by Crippen LogP contribution is -2.18. The van der Waals surface area contributed by atoms with Gasteiger partial charge in [0.05, 0.1) is 5.92 Å². The van der Waals surface area contributed by atoms with Crippen LogP contribution in [0, 0.1) is 12.8 Å². The maximum atomic E-state index is 11.8. The highest BCUT2D eigenvalue weighted by molar-refractivity contribution is 5.75. The summed E-state index contributed by atoms with van der Waals surface area (Å²) in [6.07, 6.45) is 0.807. The first-order chi connectivity index (χ1) is 7.95. The van der Waals surface area contributed by atoms with E-state index in [4.69, 9.17) is 4.74 Å². The van der Waals surface area contributed by atoms with E-state index in [9.17, 15) is 4.79 Å². The van der Waals surface area contributed by atoms with Gasteiger partial charge in [0.25, 0.3) is 0 Å². The average molecular weight is 234 g/mol. The molecule has 0 saturated carbocycles. The number of rotatable bonds is 4. The summed E-state index contributed by atoms with van der Waals surface area (Å²) in [5.74, 6) is 0.885. The molecule has 0 bridgehead atoms. The van der Waals surface area contributed by atoms with Crippen molar-refractivity contribution in [1.82, 2.24) is 0 Å². The van der Waals surface area contributed by atoms with Crippen LogP contribution in [0.5, 0.6) is 5.75 Å². The van der Waals surface area contributed by atoms with E-state index in [2.05, 4.69) is 19.9 Å². The Hall–Kier alpha value is -1.31. The fraction of sp³-hybridized carbons (Fsp3) is 0.533. The Morgan fingerprint density at radius 3 is 2.47 bits per heavy atom. The molecule has 0 aromatic heterocycles. The van der Waals surface area contributed by atoms with Crippen LogP contribution < -0.4 is 4.74 Å². The Morgan fingerprint density at radius 2 is 1.94 bits per heavy atom. The third-order valence-electron chi connectivity index (χ3n) is 3.02. The summed E-state index contributed by atoms with van der Waals surface area (Å²) < 4.78 is 5.50. The molecule has 0 amide bonds. The molecule has 0 spiro atoms. The molecule has 1 unspecified atom stereocenters. The average Bonchev–Trinajstić information content (AvgIpc) is 2.27. The largest absolute Gasteiger partial charge is 0.426 e. The van der Waals surface area contributed by atoms with Gasteiger partial charge in [-0.25, -0.2) is 0 Å². The van der Waals surface area contributed by atoms with E-state index in [0.717, 1.165) is 17.5 Å². The number of esters is 1. The minimum absolute atomic E-state index is 0.0458. The van der Waals surface area contributed by atoms with Crippen LogP contribution in [0.4, 0.5) is 0 Å². The Balaban J connectivity index is 2.96. The van der Waals surface area contributed by atoms with E-state index in [-0.39, 0.29) is 11.9 Å². The van der Waals surface area contributed by atoms with Crippen LogP contribution in [-0.2, 0) is 4.79 Å². The van der Waals surface area contributed by atoms with E-state index >= 15 is 0 Å². The molecule has 0 aliphatic rings. The van der Waals surface area contributed by atoms with Crippen LogP contribution >= 0.6 is 0 Å². The molecule has 94 valence electrons. The minimum atomic E-state index is -0.139. The zero-order chi connectivity index (χ0) is 13.0. The summed E-state index contributed by atoms with van der Waals surface area (Å²) in [4.78, 5) is 11.8. The molecule has 2 heteroatoms. The third kappa shape index (κ3) is 3.58. The second-order valence-corrected chi connectivity index (χ2v) is 4.93. The number of hydrogen-bond acceptors (Lipinski definition) is 2. The molecule has 2 nitrogen and oxygen atoms in total. The van der Waals surface area contributed by atoms with E-state index in [1.165, 1.54) is 0 Å². The molecular formula is C15H22O2. The zero-order valence-electron chi connectivity index (χ0n) is 11.4. The molecule has 0 fully saturated rings. The van der Waals surface area contributed by atoms with Gasteiger partial charge in [-0.1, -0.05) is 39.8 Å². The lowest BCUT2D eigenvalue weighted by atomic mass is 10.0. The fourth-order valence-corrected chi connectivity index (χ4v) is 1.58. The number of benzene rings is 1. The first-order valence-electron chi connectivity index (χ1n) is 6.28.